The predicted octanol–water partition coefficient (Wildman–Crippen LogP) is 9.02. The lowest BCUT2D eigenvalue weighted by Crippen LogP contribution is -2.09. The zero-order valence-corrected chi connectivity index (χ0v) is 19.5. The van der Waals surface area contributed by atoms with Crippen LogP contribution in [0, 0.1) is 0 Å². The van der Waals surface area contributed by atoms with Gasteiger partial charge >= 0.3 is 0 Å². The third-order valence-corrected chi connectivity index (χ3v) is 6.69. The van der Waals surface area contributed by atoms with E-state index in [4.69, 9.17) is 0 Å². The quantitative estimate of drug-likeness (QED) is 0.240. The second kappa shape index (κ2) is 8.27. The molecule has 0 amide bonds. The van der Waals surface area contributed by atoms with Gasteiger partial charge in [0.1, 0.15) is 0 Å². The van der Waals surface area contributed by atoms with Crippen molar-refractivity contribution in [2.75, 3.05) is 4.90 Å². The Kier molecular flexibility index (Phi) is 4.97. The van der Waals surface area contributed by atoms with E-state index in [-0.39, 0.29) is 0 Å². The maximum atomic E-state index is 3.83. The molecule has 158 valence electrons. The number of nitrogens with zero attached hydrogens (tertiary/aromatic N) is 2. The highest BCUT2D eigenvalue weighted by molar-refractivity contribution is 9.10. The van der Waals surface area contributed by atoms with Gasteiger partial charge in [-0.3, -0.25) is 0 Å². The van der Waals surface area contributed by atoms with Crippen molar-refractivity contribution in [1.29, 1.82) is 0 Å². The van der Waals surface area contributed by atoms with E-state index in [1.165, 1.54) is 21.8 Å². The van der Waals surface area contributed by atoms with Crippen molar-refractivity contribution in [3.8, 4) is 5.69 Å². The summed E-state index contributed by atoms with van der Waals surface area (Å²) in [4.78, 5) is 2.31. The van der Waals surface area contributed by atoms with Gasteiger partial charge in [0.2, 0.25) is 0 Å². The highest BCUT2D eigenvalue weighted by atomic mass is 79.9. The molecule has 3 heteroatoms. The Balaban J connectivity index is 1.65. The van der Waals surface area contributed by atoms with Gasteiger partial charge < -0.3 is 9.47 Å². The van der Waals surface area contributed by atoms with Crippen molar-refractivity contribution in [1.82, 2.24) is 4.57 Å². The first-order valence-corrected chi connectivity index (χ1v) is 11.8. The number of halogens is 1. The van der Waals surface area contributed by atoms with Crippen LogP contribution in [0.25, 0.3) is 27.5 Å². The molecule has 0 fully saturated rings. The molecule has 0 saturated heterocycles. The lowest BCUT2D eigenvalue weighted by atomic mass is 10.1. The normalized spacial score (nSPS) is 11.2. The molecule has 0 saturated carbocycles. The van der Waals surface area contributed by atoms with E-state index in [0.29, 0.717) is 0 Å². The molecule has 2 nitrogen and oxygen atoms in total. The van der Waals surface area contributed by atoms with E-state index in [1.807, 2.05) is 0 Å². The van der Waals surface area contributed by atoms with Crippen LogP contribution in [0.5, 0.6) is 0 Å². The van der Waals surface area contributed by atoms with Crippen LogP contribution in [0.1, 0.15) is 0 Å². The third kappa shape index (κ3) is 3.42. The van der Waals surface area contributed by atoms with Crippen molar-refractivity contribution < 1.29 is 0 Å². The zero-order valence-electron chi connectivity index (χ0n) is 17.9. The molecule has 33 heavy (non-hydrogen) atoms. The second-order valence-electron chi connectivity index (χ2n) is 8.01. The summed E-state index contributed by atoms with van der Waals surface area (Å²) in [5.41, 5.74) is 6.93. The van der Waals surface area contributed by atoms with Gasteiger partial charge in [0.05, 0.1) is 11.0 Å². The van der Waals surface area contributed by atoms with Crippen LogP contribution in [-0.2, 0) is 0 Å². The molecule has 0 aliphatic heterocycles. The topological polar surface area (TPSA) is 8.17 Å². The summed E-state index contributed by atoms with van der Waals surface area (Å²) < 4.78 is 3.44. The lowest BCUT2D eigenvalue weighted by Gasteiger charge is -2.25. The molecule has 5 aromatic carbocycles. The van der Waals surface area contributed by atoms with E-state index in [2.05, 4.69) is 153 Å². The van der Waals surface area contributed by atoms with Gasteiger partial charge in [-0.1, -0.05) is 76.6 Å². The van der Waals surface area contributed by atoms with Crippen LogP contribution in [0.15, 0.2) is 132 Å². The Morgan fingerprint density at radius 1 is 0.515 bits per heavy atom. The number of rotatable bonds is 4. The van der Waals surface area contributed by atoms with Crippen LogP contribution in [0.4, 0.5) is 17.1 Å². The first-order chi connectivity index (χ1) is 16.3. The molecular formula is C30H21BrN2. The van der Waals surface area contributed by atoms with Gasteiger partial charge in [-0.05, 0) is 66.7 Å². The minimum absolute atomic E-state index is 1.10. The predicted molar refractivity (Wildman–Crippen MR) is 143 cm³/mol. The summed E-state index contributed by atoms with van der Waals surface area (Å²) in [5.74, 6) is 0. The SMILES string of the molecule is Brc1cccc2c1c1cc(N(c3ccccc3)c3ccccc3)ccc1n2-c1ccccc1. The zero-order chi connectivity index (χ0) is 22.2. The van der Waals surface area contributed by atoms with Crippen molar-refractivity contribution in [2.45, 2.75) is 0 Å². The van der Waals surface area contributed by atoms with E-state index < -0.39 is 0 Å². The summed E-state index contributed by atoms with van der Waals surface area (Å²) in [7, 11) is 0. The fourth-order valence-corrected chi connectivity index (χ4v) is 5.18. The molecule has 6 rings (SSSR count). The lowest BCUT2D eigenvalue weighted by molar-refractivity contribution is 1.18. The Bertz CT molecular complexity index is 1520. The smallest absolute Gasteiger partial charge is 0.0552 e. The number of hydrogen-bond acceptors (Lipinski definition) is 1. The molecule has 1 heterocycles. The Hall–Kier alpha value is -3.82. The van der Waals surface area contributed by atoms with Crippen LogP contribution < -0.4 is 4.90 Å². The molecule has 0 spiro atoms. The maximum absolute atomic E-state index is 3.83. The van der Waals surface area contributed by atoms with Crippen LogP contribution in [0.3, 0.4) is 0 Å². The molecule has 0 radical (unpaired) electrons. The number of anilines is 3. The molecule has 0 atom stereocenters. The van der Waals surface area contributed by atoms with Gasteiger partial charge in [0, 0.05) is 38.0 Å². The summed E-state index contributed by atoms with van der Waals surface area (Å²) >= 11 is 3.83. The monoisotopic (exact) mass is 488 g/mol. The average molecular weight is 489 g/mol. The minimum Gasteiger partial charge on any atom is -0.310 e. The first kappa shape index (κ1) is 19.8. The molecule has 0 aliphatic rings. The van der Waals surface area contributed by atoms with E-state index in [1.54, 1.807) is 0 Å². The molecule has 0 unspecified atom stereocenters. The van der Waals surface area contributed by atoms with Gasteiger partial charge in [-0.15, -0.1) is 0 Å². The van der Waals surface area contributed by atoms with Crippen molar-refractivity contribution in [3.05, 3.63) is 132 Å². The number of para-hydroxylation sites is 3. The summed E-state index contributed by atoms with van der Waals surface area (Å²) in [5, 5.41) is 2.44. The van der Waals surface area contributed by atoms with E-state index in [0.717, 1.165) is 27.2 Å². The molecule has 0 N–H and O–H groups in total. The van der Waals surface area contributed by atoms with Crippen LogP contribution >= 0.6 is 15.9 Å². The molecular weight excluding hydrogens is 468 g/mol. The molecule has 0 aliphatic carbocycles. The van der Waals surface area contributed by atoms with Gasteiger partial charge in [0.15, 0.2) is 0 Å². The van der Waals surface area contributed by atoms with Crippen LogP contribution in [-0.4, -0.2) is 4.57 Å². The number of fused-ring (bicyclic) bond motifs is 3. The molecule has 1 aromatic heterocycles. The maximum Gasteiger partial charge on any atom is 0.0552 e. The van der Waals surface area contributed by atoms with Gasteiger partial charge in [-0.25, -0.2) is 0 Å². The third-order valence-electron chi connectivity index (χ3n) is 6.02. The van der Waals surface area contributed by atoms with Gasteiger partial charge in [0.25, 0.3) is 0 Å². The Morgan fingerprint density at radius 2 is 1.12 bits per heavy atom. The highest BCUT2D eigenvalue weighted by Gasteiger charge is 2.18. The van der Waals surface area contributed by atoms with Crippen molar-refractivity contribution in [3.63, 3.8) is 0 Å². The largest absolute Gasteiger partial charge is 0.310 e. The highest BCUT2D eigenvalue weighted by Crippen LogP contribution is 2.41. The number of hydrogen-bond donors (Lipinski definition) is 0. The summed E-state index contributed by atoms with van der Waals surface area (Å²) in [6.45, 7) is 0. The van der Waals surface area contributed by atoms with Gasteiger partial charge in [-0.2, -0.15) is 0 Å². The minimum atomic E-state index is 1.10. The fraction of sp³-hybridized carbons (Fsp3) is 0. The van der Waals surface area contributed by atoms with Crippen molar-refractivity contribution in [2.24, 2.45) is 0 Å². The molecule has 6 aromatic rings. The van der Waals surface area contributed by atoms with E-state index >= 15 is 0 Å². The molecule has 0 bridgehead atoms. The first-order valence-electron chi connectivity index (χ1n) is 11.0. The van der Waals surface area contributed by atoms with E-state index in [9.17, 15) is 0 Å². The second-order valence-corrected chi connectivity index (χ2v) is 8.87. The Labute approximate surface area is 201 Å². The number of benzene rings is 5. The Morgan fingerprint density at radius 3 is 1.76 bits per heavy atom. The van der Waals surface area contributed by atoms with Crippen molar-refractivity contribution >= 4 is 54.8 Å². The standard InChI is InChI=1S/C30H21BrN2/c31-27-17-10-18-29-30(27)26-21-25(19-20-28(26)33(29)24-15-8-3-9-16-24)32(22-11-4-1-5-12-22)23-13-6-2-7-14-23/h1-21H. The number of aromatic nitrogens is 1. The summed E-state index contributed by atoms with van der Waals surface area (Å²) in [6, 6.07) is 44.8. The summed E-state index contributed by atoms with van der Waals surface area (Å²) in [6.07, 6.45) is 0. The fourth-order valence-electron chi connectivity index (χ4n) is 4.61. The average Bonchev–Trinajstić information content (AvgIpc) is 3.21. The van der Waals surface area contributed by atoms with Crippen LogP contribution in [0.2, 0.25) is 0 Å².